The first-order chi connectivity index (χ1) is 9.89. The van der Waals surface area contributed by atoms with Gasteiger partial charge in [0, 0.05) is 5.69 Å². The molecule has 0 atom stereocenters. The molecule has 2 aromatic rings. The summed E-state index contributed by atoms with van der Waals surface area (Å²) in [6.07, 6.45) is -4.51. The number of benzene rings is 2. The molecule has 6 heteroatoms. The summed E-state index contributed by atoms with van der Waals surface area (Å²) in [6, 6.07) is 10.6. The van der Waals surface area contributed by atoms with E-state index in [4.69, 9.17) is 0 Å². The number of nitrogens with zero attached hydrogens (tertiary/aromatic N) is 1. The van der Waals surface area contributed by atoms with Gasteiger partial charge in [-0.3, -0.25) is 14.5 Å². The van der Waals surface area contributed by atoms with Gasteiger partial charge in [0.05, 0.1) is 16.8 Å². The van der Waals surface area contributed by atoms with E-state index in [1.807, 2.05) is 0 Å². The number of carbonyl (C=O) groups excluding carboxylic acids is 2. The lowest BCUT2D eigenvalue weighted by Crippen LogP contribution is -2.25. The van der Waals surface area contributed by atoms with Gasteiger partial charge in [-0.1, -0.05) is 18.2 Å². The molecule has 21 heavy (non-hydrogen) atoms. The molecular weight excluding hydrogens is 283 g/mol. The van der Waals surface area contributed by atoms with Gasteiger partial charge in [0.1, 0.15) is 0 Å². The van der Waals surface area contributed by atoms with Crippen molar-refractivity contribution < 1.29 is 22.8 Å². The smallest absolute Gasteiger partial charge is 0.283 e. The van der Waals surface area contributed by atoms with Crippen LogP contribution in [-0.4, -0.2) is 11.7 Å². The molecule has 1 amide bonds. The van der Waals surface area contributed by atoms with E-state index in [0.717, 1.165) is 17.0 Å². The zero-order valence-corrected chi connectivity index (χ0v) is 10.5. The van der Waals surface area contributed by atoms with Crippen molar-refractivity contribution in [1.82, 2.24) is 0 Å². The largest absolute Gasteiger partial charge is 0.416 e. The fourth-order valence-corrected chi connectivity index (χ4v) is 2.26. The molecule has 0 aromatic heterocycles. The van der Waals surface area contributed by atoms with Gasteiger partial charge >= 0.3 is 12.1 Å². The van der Waals surface area contributed by atoms with Crippen LogP contribution in [-0.2, 0) is 11.0 Å². The Morgan fingerprint density at radius 1 is 0.905 bits per heavy atom. The molecule has 0 spiro atoms. The lowest BCUT2D eigenvalue weighted by Gasteiger charge is -2.18. The van der Waals surface area contributed by atoms with E-state index in [1.54, 1.807) is 12.1 Å². The highest BCUT2D eigenvalue weighted by Gasteiger charge is 2.38. The number of amides is 1. The van der Waals surface area contributed by atoms with Crippen LogP contribution in [0.3, 0.4) is 0 Å². The molecule has 0 fully saturated rings. The van der Waals surface area contributed by atoms with Crippen molar-refractivity contribution in [3.63, 3.8) is 0 Å². The predicted octanol–water partition coefficient (Wildman–Crippen LogP) is 3.57. The molecule has 2 aromatic carbocycles. The van der Waals surface area contributed by atoms with Gasteiger partial charge in [0.2, 0.25) is 0 Å². The van der Waals surface area contributed by atoms with Crippen LogP contribution in [0, 0.1) is 0 Å². The Hall–Kier alpha value is -2.63. The van der Waals surface area contributed by atoms with E-state index >= 15 is 0 Å². The number of fused-ring (bicyclic) bond motifs is 1. The lowest BCUT2D eigenvalue weighted by molar-refractivity contribution is -0.137. The summed E-state index contributed by atoms with van der Waals surface area (Å²) in [6.45, 7) is 0. The molecule has 106 valence electrons. The van der Waals surface area contributed by atoms with Crippen molar-refractivity contribution in [3.8, 4) is 0 Å². The second-order valence-electron chi connectivity index (χ2n) is 4.53. The van der Waals surface area contributed by atoms with E-state index < -0.39 is 23.4 Å². The van der Waals surface area contributed by atoms with Gasteiger partial charge in [0.25, 0.3) is 5.78 Å². The van der Waals surface area contributed by atoms with E-state index in [9.17, 15) is 22.8 Å². The van der Waals surface area contributed by atoms with Crippen molar-refractivity contribution in [2.45, 2.75) is 6.18 Å². The second kappa shape index (κ2) is 4.44. The number of carbonyl (C=O) groups is 2. The maximum absolute atomic E-state index is 12.8. The van der Waals surface area contributed by atoms with Gasteiger partial charge in [-0.15, -0.1) is 0 Å². The Morgan fingerprint density at radius 2 is 1.62 bits per heavy atom. The number of rotatable bonds is 1. The molecule has 0 bridgehead atoms. The number of hydrogen-bond donors (Lipinski definition) is 0. The standard InChI is InChI=1S/C15H8F3NO2/c16-15(17,18)9-4-3-5-10(8-9)19-12-7-2-1-6-11(12)13(20)14(19)21/h1-8H. The van der Waals surface area contributed by atoms with E-state index in [0.29, 0.717) is 5.69 Å². The molecule has 3 nitrogen and oxygen atoms in total. The third-order valence-corrected chi connectivity index (χ3v) is 3.22. The quantitative estimate of drug-likeness (QED) is 0.753. The highest BCUT2D eigenvalue weighted by Crippen LogP contribution is 2.38. The van der Waals surface area contributed by atoms with E-state index in [1.165, 1.54) is 24.3 Å². The summed E-state index contributed by atoms with van der Waals surface area (Å²) < 4.78 is 38.3. The van der Waals surface area contributed by atoms with Crippen LogP contribution >= 0.6 is 0 Å². The Bertz CT molecular complexity index is 753. The first kappa shape index (κ1) is 13.4. The number of alkyl halides is 3. The van der Waals surface area contributed by atoms with E-state index in [2.05, 4.69) is 0 Å². The normalized spacial score (nSPS) is 14.5. The Morgan fingerprint density at radius 3 is 2.33 bits per heavy atom. The van der Waals surface area contributed by atoms with Crippen LogP contribution in [0.15, 0.2) is 48.5 Å². The second-order valence-corrected chi connectivity index (χ2v) is 4.53. The molecule has 0 N–H and O–H groups in total. The average Bonchev–Trinajstić information content (AvgIpc) is 2.71. The van der Waals surface area contributed by atoms with Crippen LogP contribution in [0.4, 0.5) is 24.5 Å². The molecule has 0 saturated carbocycles. The average molecular weight is 291 g/mol. The fraction of sp³-hybridized carbons (Fsp3) is 0.0667. The molecule has 1 heterocycles. The minimum atomic E-state index is -4.51. The fourth-order valence-electron chi connectivity index (χ4n) is 2.26. The topological polar surface area (TPSA) is 37.4 Å². The van der Waals surface area contributed by atoms with Crippen molar-refractivity contribution in [2.24, 2.45) is 0 Å². The highest BCUT2D eigenvalue weighted by molar-refractivity contribution is 6.53. The Kier molecular flexibility index (Phi) is 2.83. The number of hydrogen-bond acceptors (Lipinski definition) is 2. The van der Waals surface area contributed by atoms with Crippen LogP contribution in [0.1, 0.15) is 15.9 Å². The number of ketones is 1. The third-order valence-electron chi connectivity index (χ3n) is 3.22. The first-order valence-corrected chi connectivity index (χ1v) is 6.04. The van der Waals surface area contributed by atoms with Crippen molar-refractivity contribution in [1.29, 1.82) is 0 Å². The molecule has 1 aliphatic rings. The predicted molar refractivity (Wildman–Crippen MR) is 69.4 cm³/mol. The van der Waals surface area contributed by atoms with Gasteiger partial charge in [0.15, 0.2) is 0 Å². The minimum Gasteiger partial charge on any atom is -0.283 e. The maximum atomic E-state index is 12.8. The summed E-state index contributed by atoms with van der Waals surface area (Å²) in [4.78, 5) is 24.9. The molecule has 1 aliphatic heterocycles. The van der Waals surface area contributed by atoms with Gasteiger partial charge in [-0.25, -0.2) is 0 Å². The van der Waals surface area contributed by atoms with Crippen LogP contribution in [0.25, 0.3) is 0 Å². The summed E-state index contributed by atoms with van der Waals surface area (Å²) in [5, 5.41) is 0. The summed E-state index contributed by atoms with van der Waals surface area (Å²) in [5.74, 6) is -1.57. The Labute approximate surface area is 117 Å². The zero-order valence-electron chi connectivity index (χ0n) is 10.5. The van der Waals surface area contributed by atoms with Gasteiger partial charge < -0.3 is 0 Å². The molecular formula is C15H8F3NO2. The molecule has 0 saturated heterocycles. The van der Waals surface area contributed by atoms with Crippen molar-refractivity contribution >= 4 is 23.1 Å². The molecule has 3 rings (SSSR count). The zero-order chi connectivity index (χ0) is 15.2. The van der Waals surface area contributed by atoms with Gasteiger partial charge in [-0.05, 0) is 30.3 Å². The van der Waals surface area contributed by atoms with Crippen LogP contribution < -0.4 is 4.90 Å². The summed E-state index contributed by atoms with van der Waals surface area (Å²) >= 11 is 0. The lowest BCUT2D eigenvalue weighted by atomic mass is 10.1. The van der Waals surface area contributed by atoms with Crippen molar-refractivity contribution in [3.05, 3.63) is 59.7 Å². The number of para-hydroxylation sites is 1. The molecule has 0 aliphatic carbocycles. The highest BCUT2D eigenvalue weighted by atomic mass is 19.4. The number of anilines is 2. The van der Waals surface area contributed by atoms with Crippen LogP contribution in [0.2, 0.25) is 0 Å². The Balaban J connectivity index is 2.14. The number of halogens is 3. The first-order valence-electron chi connectivity index (χ1n) is 6.04. The summed E-state index contributed by atoms with van der Waals surface area (Å²) in [7, 11) is 0. The minimum absolute atomic E-state index is 0.0214. The third kappa shape index (κ3) is 2.08. The maximum Gasteiger partial charge on any atom is 0.416 e. The number of Topliss-reactive ketones (excluding diaryl/α,β-unsaturated/α-hetero) is 1. The summed E-state index contributed by atoms with van der Waals surface area (Å²) in [5.41, 5.74) is -0.357. The van der Waals surface area contributed by atoms with Crippen LogP contribution in [0.5, 0.6) is 0 Å². The van der Waals surface area contributed by atoms with Crippen molar-refractivity contribution in [2.75, 3.05) is 4.90 Å². The van der Waals surface area contributed by atoms with E-state index in [-0.39, 0.29) is 11.3 Å². The molecule has 0 radical (unpaired) electrons. The monoisotopic (exact) mass is 291 g/mol. The van der Waals surface area contributed by atoms with Gasteiger partial charge in [-0.2, -0.15) is 13.2 Å². The molecule has 0 unspecified atom stereocenters. The SMILES string of the molecule is O=C1C(=O)N(c2cccc(C(F)(F)F)c2)c2ccccc21.